The quantitative estimate of drug-likeness (QED) is 0.850. The van der Waals surface area contributed by atoms with E-state index in [1.54, 1.807) is 18.3 Å². The highest BCUT2D eigenvalue weighted by Crippen LogP contribution is 2.22. The van der Waals surface area contributed by atoms with Crippen molar-refractivity contribution < 1.29 is 9.53 Å². The minimum absolute atomic E-state index is 0.0168. The number of nitriles is 1. The average molecular weight is 315 g/mol. The average Bonchev–Trinajstić information content (AvgIpc) is 3.10. The monoisotopic (exact) mass is 315 g/mol. The maximum Gasteiger partial charge on any atom is 0.251 e. The van der Waals surface area contributed by atoms with Gasteiger partial charge in [-0.05, 0) is 25.0 Å². The number of piperazine rings is 1. The number of nitrogens with two attached hydrogens (primary N) is 1. The van der Waals surface area contributed by atoms with E-state index in [2.05, 4.69) is 16.0 Å². The maximum atomic E-state index is 12.5. The molecule has 0 radical (unpaired) electrons. The highest BCUT2D eigenvalue weighted by atomic mass is 16.5. The molecule has 3 heterocycles. The van der Waals surface area contributed by atoms with Crippen molar-refractivity contribution in [2.75, 3.05) is 37.6 Å². The summed E-state index contributed by atoms with van der Waals surface area (Å²) in [4.78, 5) is 20.8. The first-order valence-corrected chi connectivity index (χ1v) is 7.96. The van der Waals surface area contributed by atoms with E-state index in [4.69, 9.17) is 15.7 Å². The van der Waals surface area contributed by atoms with E-state index >= 15 is 0 Å². The molecule has 23 heavy (non-hydrogen) atoms. The Morgan fingerprint density at radius 1 is 1.39 bits per heavy atom. The number of carbonyl (C=O) groups excluding carboxylic acids is 1. The first-order chi connectivity index (χ1) is 11.2. The maximum absolute atomic E-state index is 12.5. The molecule has 2 atom stereocenters. The predicted molar refractivity (Wildman–Crippen MR) is 84.7 cm³/mol. The van der Waals surface area contributed by atoms with Gasteiger partial charge in [-0.2, -0.15) is 5.26 Å². The summed E-state index contributed by atoms with van der Waals surface area (Å²) in [5, 5.41) is 8.97. The normalized spacial score (nSPS) is 24.5. The topological polar surface area (TPSA) is 95.5 Å². The molecule has 2 aliphatic rings. The third-order valence-corrected chi connectivity index (χ3v) is 4.44. The fourth-order valence-corrected chi connectivity index (χ4v) is 3.08. The van der Waals surface area contributed by atoms with E-state index in [9.17, 15) is 4.79 Å². The molecule has 122 valence electrons. The first kappa shape index (κ1) is 15.7. The van der Waals surface area contributed by atoms with Crippen molar-refractivity contribution in [3.63, 3.8) is 0 Å². The fraction of sp³-hybridized carbons (Fsp3) is 0.562. The van der Waals surface area contributed by atoms with Crippen LogP contribution in [0.1, 0.15) is 18.4 Å². The number of ether oxygens (including phenoxy) is 1. The fourth-order valence-electron chi connectivity index (χ4n) is 3.08. The first-order valence-electron chi connectivity index (χ1n) is 7.96. The van der Waals surface area contributed by atoms with Gasteiger partial charge in [-0.1, -0.05) is 0 Å². The van der Waals surface area contributed by atoms with Crippen molar-refractivity contribution in [1.29, 1.82) is 5.26 Å². The molecule has 2 saturated heterocycles. The highest BCUT2D eigenvalue weighted by molar-refractivity contribution is 5.81. The number of pyridine rings is 1. The third kappa shape index (κ3) is 3.44. The van der Waals surface area contributed by atoms with Gasteiger partial charge in [0.05, 0.1) is 17.7 Å². The number of anilines is 1. The number of nitrogens with zero attached hydrogens (tertiary/aromatic N) is 4. The molecule has 0 bridgehead atoms. The van der Waals surface area contributed by atoms with Gasteiger partial charge < -0.3 is 20.3 Å². The van der Waals surface area contributed by atoms with E-state index in [1.807, 2.05) is 4.90 Å². The second-order valence-electron chi connectivity index (χ2n) is 5.89. The minimum Gasteiger partial charge on any atom is -0.364 e. The molecular formula is C16H21N5O2. The minimum atomic E-state index is -0.338. The van der Waals surface area contributed by atoms with Crippen molar-refractivity contribution in [1.82, 2.24) is 9.88 Å². The van der Waals surface area contributed by atoms with Gasteiger partial charge in [0, 0.05) is 38.9 Å². The van der Waals surface area contributed by atoms with Crippen molar-refractivity contribution in [3.05, 3.63) is 23.9 Å². The van der Waals surface area contributed by atoms with Crippen molar-refractivity contribution >= 4 is 11.7 Å². The zero-order chi connectivity index (χ0) is 16.2. The second kappa shape index (κ2) is 6.94. The summed E-state index contributed by atoms with van der Waals surface area (Å²) in [5.41, 5.74) is 6.19. The molecule has 0 unspecified atom stereocenters. The zero-order valence-corrected chi connectivity index (χ0v) is 13.0. The van der Waals surface area contributed by atoms with Crippen LogP contribution < -0.4 is 10.6 Å². The Bertz CT molecular complexity index is 607. The summed E-state index contributed by atoms with van der Waals surface area (Å²) < 4.78 is 5.69. The van der Waals surface area contributed by atoms with E-state index in [0.29, 0.717) is 38.3 Å². The van der Waals surface area contributed by atoms with Gasteiger partial charge in [0.2, 0.25) is 0 Å². The van der Waals surface area contributed by atoms with Crippen molar-refractivity contribution in [2.24, 2.45) is 5.73 Å². The number of amides is 1. The number of hydrogen-bond acceptors (Lipinski definition) is 6. The highest BCUT2D eigenvalue weighted by Gasteiger charge is 2.34. The van der Waals surface area contributed by atoms with Crippen molar-refractivity contribution in [2.45, 2.75) is 25.0 Å². The lowest BCUT2D eigenvalue weighted by atomic mass is 10.1. The molecule has 2 aliphatic heterocycles. The Balaban J connectivity index is 1.56. The number of rotatable bonds is 3. The summed E-state index contributed by atoms with van der Waals surface area (Å²) in [5.74, 6) is 0.857. The molecule has 2 N–H and O–H groups in total. The molecular weight excluding hydrogens is 294 g/mol. The van der Waals surface area contributed by atoms with Crippen LogP contribution in [0.15, 0.2) is 18.3 Å². The van der Waals surface area contributed by atoms with Crippen LogP contribution in [0, 0.1) is 11.3 Å². The molecule has 2 fully saturated rings. The molecule has 0 aliphatic carbocycles. The molecule has 7 nitrogen and oxygen atoms in total. The smallest absolute Gasteiger partial charge is 0.251 e. The molecule has 3 rings (SSSR count). The number of aromatic nitrogens is 1. The second-order valence-corrected chi connectivity index (χ2v) is 5.89. The Labute approximate surface area is 135 Å². The molecule has 0 saturated carbocycles. The molecule has 0 aromatic carbocycles. The van der Waals surface area contributed by atoms with Crippen LogP contribution >= 0.6 is 0 Å². The lowest BCUT2D eigenvalue weighted by Crippen LogP contribution is -2.51. The lowest BCUT2D eigenvalue weighted by molar-refractivity contribution is -0.143. The van der Waals surface area contributed by atoms with E-state index < -0.39 is 0 Å². The Kier molecular flexibility index (Phi) is 4.74. The SMILES string of the molecule is N#Cc1ccnc(N2CCN(C(=O)[C@@H]3CC[C@H](CN)O3)CC2)c1. The summed E-state index contributed by atoms with van der Waals surface area (Å²) >= 11 is 0. The van der Waals surface area contributed by atoms with E-state index in [0.717, 1.165) is 18.7 Å². The van der Waals surface area contributed by atoms with Crippen LogP contribution in [0.4, 0.5) is 5.82 Å². The largest absolute Gasteiger partial charge is 0.364 e. The Hall–Kier alpha value is -2.17. The molecule has 7 heteroatoms. The molecule has 0 spiro atoms. The van der Waals surface area contributed by atoms with Gasteiger partial charge in [0.15, 0.2) is 0 Å². The van der Waals surface area contributed by atoms with Gasteiger partial charge in [0.1, 0.15) is 11.9 Å². The van der Waals surface area contributed by atoms with Gasteiger partial charge in [0.25, 0.3) is 5.91 Å². The van der Waals surface area contributed by atoms with Crippen LogP contribution in [-0.4, -0.2) is 60.7 Å². The van der Waals surface area contributed by atoms with E-state index in [-0.39, 0.29) is 18.1 Å². The molecule has 1 aromatic heterocycles. The summed E-state index contributed by atoms with van der Waals surface area (Å²) in [7, 11) is 0. The molecule has 1 aromatic rings. The van der Waals surface area contributed by atoms with Gasteiger partial charge in [-0.3, -0.25) is 4.79 Å². The van der Waals surface area contributed by atoms with Gasteiger partial charge in [-0.25, -0.2) is 4.98 Å². The zero-order valence-electron chi connectivity index (χ0n) is 13.0. The third-order valence-electron chi connectivity index (χ3n) is 4.44. The summed E-state index contributed by atoms with van der Waals surface area (Å²) in [6.45, 7) is 3.18. The lowest BCUT2D eigenvalue weighted by Gasteiger charge is -2.36. The summed E-state index contributed by atoms with van der Waals surface area (Å²) in [6, 6.07) is 5.59. The van der Waals surface area contributed by atoms with Gasteiger partial charge >= 0.3 is 0 Å². The van der Waals surface area contributed by atoms with E-state index in [1.165, 1.54) is 0 Å². The Morgan fingerprint density at radius 3 is 2.83 bits per heavy atom. The van der Waals surface area contributed by atoms with Gasteiger partial charge in [-0.15, -0.1) is 0 Å². The van der Waals surface area contributed by atoms with Crippen molar-refractivity contribution in [3.8, 4) is 6.07 Å². The van der Waals surface area contributed by atoms with Crippen LogP contribution in [0.5, 0.6) is 0 Å². The number of carbonyl (C=O) groups is 1. The standard InChI is InChI=1S/C16H21N5O2/c17-10-12-3-4-19-15(9-12)20-5-7-21(8-6-20)16(22)14-2-1-13(11-18)23-14/h3-4,9,13-14H,1-2,5-8,11,18H2/t13-,14+/m1/s1. The van der Waals surface area contributed by atoms with Crippen LogP contribution in [-0.2, 0) is 9.53 Å². The number of hydrogen-bond donors (Lipinski definition) is 1. The predicted octanol–water partition coefficient (Wildman–Crippen LogP) is 0.108. The molecule has 1 amide bonds. The van der Waals surface area contributed by atoms with Crippen LogP contribution in [0.25, 0.3) is 0 Å². The van der Waals surface area contributed by atoms with Crippen LogP contribution in [0.3, 0.4) is 0 Å². The summed E-state index contributed by atoms with van der Waals surface area (Å²) in [6.07, 6.45) is 2.94. The van der Waals surface area contributed by atoms with Crippen LogP contribution in [0.2, 0.25) is 0 Å². The Morgan fingerprint density at radius 2 is 2.17 bits per heavy atom.